The van der Waals surface area contributed by atoms with Gasteiger partial charge in [0.05, 0.1) is 5.41 Å². The summed E-state index contributed by atoms with van der Waals surface area (Å²) in [4.78, 5) is 2.41. The molecule has 4 aliphatic carbocycles. The van der Waals surface area contributed by atoms with Crippen LogP contribution in [0, 0.1) is 0 Å². The first-order valence-electron chi connectivity index (χ1n) is 23.9. The van der Waals surface area contributed by atoms with Crippen molar-refractivity contribution in [2.24, 2.45) is 0 Å². The first kappa shape index (κ1) is 39.4. The van der Waals surface area contributed by atoms with Crippen molar-refractivity contribution >= 4 is 28.7 Å². The highest BCUT2D eigenvalue weighted by molar-refractivity contribution is 5.96. The Morgan fingerprint density at radius 1 is 0.403 bits per heavy atom. The summed E-state index contributed by atoms with van der Waals surface area (Å²) in [6.07, 6.45) is 11.4. The molecule has 0 N–H and O–H groups in total. The van der Waals surface area contributed by atoms with E-state index >= 15 is 0 Å². The van der Waals surface area contributed by atoms with Crippen LogP contribution in [-0.4, -0.2) is 0 Å². The van der Waals surface area contributed by atoms with Gasteiger partial charge in [0.15, 0.2) is 0 Å². The van der Waals surface area contributed by atoms with Gasteiger partial charge in [-0.3, -0.25) is 0 Å². The van der Waals surface area contributed by atoms with Gasteiger partial charge in [-0.2, -0.15) is 0 Å². The van der Waals surface area contributed by atoms with Crippen molar-refractivity contribution in [2.75, 3.05) is 4.90 Å². The second-order valence-electron chi connectivity index (χ2n) is 18.8. The Bertz CT molecular complexity index is 3330. The van der Waals surface area contributed by atoms with Gasteiger partial charge in [0.2, 0.25) is 0 Å². The molecule has 0 amide bonds. The zero-order valence-corrected chi connectivity index (χ0v) is 37.4. The van der Waals surface area contributed by atoms with Crippen LogP contribution in [0.2, 0.25) is 0 Å². The minimum Gasteiger partial charge on any atom is -0.310 e. The molecule has 0 aliphatic heterocycles. The number of para-hydroxylation sites is 2. The maximum absolute atomic E-state index is 2.57. The van der Waals surface area contributed by atoms with Crippen molar-refractivity contribution in [1.82, 2.24) is 0 Å². The van der Waals surface area contributed by atoms with Gasteiger partial charge in [-0.05, 0) is 151 Å². The zero-order chi connectivity index (χ0) is 44.4. The van der Waals surface area contributed by atoms with Gasteiger partial charge in [-0.15, -0.1) is 0 Å². The third-order valence-corrected chi connectivity index (χ3v) is 15.3. The van der Waals surface area contributed by atoms with Gasteiger partial charge in [0.1, 0.15) is 0 Å². The summed E-state index contributed by atoms with van der Waals surface area (Å²) in [5, 5.41) is 0. The lowest BCUT2D eigenvalue weighted by Crippen LogP contribution is -2.28. The molecule has 67 heavy (non-hydrogen) atoms. The maximum atomic E-state index is 2.57. The number of allylic oxidation sites excluding steroid dienone is 5. The largest absolute Gasteiger partial charge is 0.310 e. The Hall–Kier alpha value is -8.00. The van der Waals surface area contributed by atoms with E-state index in [2.05, 4.69) is 254 Å². The fraction of sp³-hybridized carbons (Fsp3) is 0.0909. The van der Waals surface area contributed by atoms with Crippen LogP contribution >= 0.6 is 0 Å². The van der Waals surface area contributed by atoms with E-state index in [4.69, 9.17) is 0 Å². The van der Waals surface area contributed by atoms with Gasteiger partial charge in [0, 0.05) is 22.5 Å². The second kappa shape index (κ2) is 15.9. The smallest absolute Gasteiger partial charge is 0.0713 e. The molecule has 1 nitrogen and oxygen atoms in total. The Morgan fingerprint density at radius 3 is 1.63 bits per heavy atom. The summed E-state index contributed by atoms with van der Waals surface area (Å²) in [6, 6.07) is 85.4. The fourth-order valence-electron chi connectivity index (χ4n) is 12.4. The van der Waals surface area contributed by atoms with Crippen LogP contribution in [0.5, 0.6) is 0 Å². The molecule has 9 aromatic rings. The quantitative estimate of drug-likeness (QED) is 0.147. The summed E-state index contributed by atoms with van der Waals surface area (Å²) < 4.78 is 0. The first-order chi connectivity index (χ1) is 33.2. The molecule has 1 spiro atoms. The average molecular weight is 856 g/mol. The second-order valence-corrected chi connectivity index (χ2v) is 18.8. The number of hydrogen-bond acceptors (Lipinski definition) is 1. The monoisotopic (exact) mass is 855 g/mol. The first-order valence-corrected chi connectivity index (χ1v) is 23.9. The van der Waals surface area contributed by atoms with Crippen molar-refractivity contribution in [1.29, 1.82) is 0 Å². The van der Waals surface area contributed by atoms with E-state index in [1.807, 2.05) is 0 Å². The lowest BCUT2D eigenvalue weighted by Gasteiger charge is -2.34. The van der Waals surface area contributed by atoms with Gasteiger partial charge in [0.25, 0.3) is 0 Å². The molecular weight excluding hydrogens is 807 g/mol. The molecule has 1 heteroatoms. The summed E-state index contributed by atoms with van der Waals surface area (Å²) in [5.41, 5.74) is 24.9. The topological polar surface area (TPSA) is 3.24 Å². The van der Waals surface area contributed by atoms with Crippen LogP contribution in [0.4, 0.5) is 17.1 Å². The average Bonchev–Trinajstić information content (AvgIpc) is 4.03. The number of fused-ring (bicyclic) bond motifs is 8. The van der Waals surface area contributed by atoms with Gasteiger partial charge in [-0.1, -0.05) is 212 Å². The number of nitrogens with zero attached hydrogens (tertiary/aromatic N) is 1. The molecule has 0 saturated heterocycles. The highest BCUT2D eigenvalue weighted by Crippen LogP contribution is 2.60. The third-order valence-electron chi connectivity index (χ3n) is 15.3. The van der Waals surface area contributed by atoms with E-state index in [0.717, 1.165) is 25.7 Å². The highest BCUT2D eigenvalue weighted by Gasteiger charge is 2.49. The maximum Gasteiger partial charge on any atom is 0.0713 e. The van der Waals surface area contributed by atoms with Gasteiger partial charge < -0.3 is 4.90 Å². The highest BCUT2D eigenvalue weighted by atomic mass is 15.1. The van der Waals surface area contributed by atoms with E-state index in [9.17, 15) is 0 Å². The third kappa shape index (κ3) is 6.22. The molecule has 9 aromatic carbocycles. The minimum absolute atomic E-state index is 0.0995. The van der Waals surface area contributed by atoms with E-state index < -0.39 is 5.41 Å². The standard InChI is InChI=1S/C66H49N/c1-5-20-51(21-6-1)66(52-22-7-2-8-23-52)60-30-16-15-28-59(60)64-56(29-17-31-61(64)66)48-37-34-46(35-38-48)32-33-47-36-40-57-58-41-39-55(67(53-24-9-3-10-25-53)54-26-11-4-12-27-54)43-63(58)65(62(57)42-47)44-49-18-13-14-19-50(49)45-65/h1-35,37-39,41-43H,36,40,44-45H2/b33-32+. The summed E-state index contributed by atoms with van der Waals surface area (Å²) in [5.74, 6) is 0. The number of rotatable bonds is 8. The van der Waals surface area contributed by atoms with E-state index in [1.54, 1.807) is 0 Å². The summed E-state index contributed by atoms with van der Waals surface area (Å²) in [7, 11) is 0. The Morgan fingerprint density at radius 2 is 0.970 bits per heavy atom. The van der Waals surface area contributed by atoms with Gasteiger partial charge in [-0.25, -0.2) is 0 Å². The molecule has 318 valence electrons. The van der Waals surface area contributed by atoms with Crippen molar-refractivity contribution < 1.29 is 0 Å². The number of anilines is 3. The number of hydrogen-bond donors (Lipinski definition) is 0. The number of benzene rings is 9. The Kier molecular flexibility index (Phi) is 9.32. The predicted octanol–water partition coefficient (Wildman–Crippen LogP) is 16.4. The molecule has 0 atom stereocenters. The van der Waals surface area contributed by atoms with Crippen LogP contribution in [0.15, 0.2) is 254 Å². The fourth-order valence-corrected chi connectivity index (χ4v) is 12.4. The van der Waals surface area contributed by atoms with Crippen LogP contribution in [0.3, 0.4) is 0 Å². The van der Waals surface area contributed by atoms with E-state index in [1.165, 1.54) is 106 Å². The van der Waals surface area contributed by atoms with Crippen LogP contribution in [0.1, 0.15) is 62.9 Å². The lowest BCUT2D eigenvalue weighted by atomic mass is 9.67. The van der Waals surface area contributed by atoms with Gasteiger partial charge >= 0.3 is 0 Å². The minimum atomic E-state index is -0.413. The van der Waals surface area contributed by atoms with E-state index in [-0.39, 0.29) is 5.41 Å². The molecule has 0 aromatic heterocycles. The predicted molar refractivity (Wildman–Crippen MR) is 279 cm³/mol. The molecule has 4 aliphatic rings. The lowest BCUT2D eigenvalue weighted by molar-refractivity contribution is 0.556. The molecular formula is C66H49N. The Labute approximate surface area is 394 Å². The zero-order valence-electron chi connectivity index (χ0n) is 37.4. The molecule has 0 saturated carbocycles. The molecule has 0 heterocycles. The SMILES string of the molecule is C1=C(/C=C/c2ccc(-c3cccc4c3-c3ccccc3C4(c3ccccc3)c3ccccc3)cc2)CCC2=C1C1(Cc3ccccc3C1)c1cc(N(c3ccccc3)c3ccccc3)ccc12. The molecule has 0 radical (unpaired) electrons. The van der Waals surface area contributed by atoms with Crippen LogP contribution in [0.25, 0.3) is 33.9 Å². The molecule has 0 unspecified atom stereocenters. The normalized spacial score (nSPS) is 15.7. The molecule has 13 rings (SSSR count). The van der Waals surface area contributed by atoms with Crippen molar-refractivity contribution in [3.8, 4) is 22.3 Å². The van der Waals surface area contributed by atoms with Crippen LogP contribution < -0.4 is 4.90 Å². The van der Waals surface area contributed by atoms with E-state index in [0.29, 0.717) is 0 Å². The van der Waals surface area contributed by atoms with Crippen molar-refractivity contribution in [2.45, 2.75) is 36.5 Å². The summed E-state index contributed by atoms with van der Waals surface area (Å²) in [6.45, 7) is 0. The van der Waals surface area contributed by atoms with Crippen LogP contribution in [-0.2, 0) is 23.7 Å². The van der Waals surface area contributed by atoms with Crippen molar-refractivity contribution in [3.63, 3.8) is 0 Å². The molecule has 0 bridgehead atoms. The summed E-state index contributed by atoms with van der Waals surface area (Å²) >= 11 is 0. The Balaban J connectivity index is 0.850. The molecule has 0 fully saturated rings. The van der Waals surface area contributed by atoms with Crippen molar-refractivity contribution in [3.05, 3.63) is 304 Å².